The Bertz CT molecular complexity index is 605. The number of ether oxygens (including phenoxy) is 2. The van der Waals surface area contributed by atoms with Gasteiger partial charge in [-0.05, 0) is 36.1 Å². The number of hydrogen-bond donors (Lipinski definition) is 1. The van der Waals surface area contributed by atoms with Crippen LogP contribution in [0.2, 0.25) is 0 Å². The van der Waals surface area contributed by atoms with Gasteiger partial charge in [-0.3, -0.25) is 0 Å². The molecule has 0 aliphatic carbocycles. The highest BCUT2D eigenvalue weighted by molar-refractivity contribution is 5.87. The molecule has 1 aliphatic heterocycles. The monoisotopic (exact) mass is 299 g/mol. The number of rotatable bonds is 7. The third kappa shape index (κ3) is 3.60. The van der Waals surface area contributed by atoms with Crippen molar-refractivity contribution in [1.82, 2.24) is 5.32 Å². The van der Waals surface area contributed by atoms with E-state index in [9.17, 15) is 0 Å². The van der Waals surface area contributed by atoms with Crippen LogP contribution in [0, 0.1) is 0 Å². The van der Waals surface area contributed by atoms with E-state index >= 15 is 0 Å². The molecule has 0 bridgehead atoms. The lowest BCUT2D eigenvalue weighted by atomic mass is 10.0. The molecule has 1 aliphatic rings. The van der Waals surface area contributed by atoms with E-state index < -0.39 is 0 Å². The van der Waals surface area contributed by atoms with Crippen LogP contribution in [-0.4, -0.2) is 25.9 Å². The average Bonchev–Trinajstić information content (AvgIpc) is 3.07. The molecule has 3 rings (SSSR count). The summed E-state index contributed by atoms with van der Waals surface area (Å²) in [6.07, 6.45) is 3.75. The van der Waals surface area contributed by atoms with E-state index in [0.29, 0.717) is 6.10 Å². The summed E-state index contributed by atoms with van der Waals surface area (Å²) >= 11 is 0. The van der Waals surface area contributed by atoms with Crippen molar-refractivity contribution < 1.29 is 9.47 Å². The summed E-state index contributed by atoms with van der Waals surface area (Å²) in [4.78, 5) is 0. The topological polar surface area (TPSA) is 30.5 Å². The number of nitrogens with one attached hydrogen (secondary N) is 1. The molecule has 0 aromatic heterocycles. The van der Waals surface area contributed by atoms with Crippen LogP contribution in [-0.2, 0) is 11.3 Å². The zero-order valence-electron chi connectivity index (χ0n) is 13.3. The van der Waals surface area contributed by atoms with E-state index in [-0.39, 0.29) is 0 Å². The van der Waals surface area contributed by atoms with Crippen molar-refractivity contribution in [2.24, 2.45) is 0 Å². The van der Waals surface area contributed by atoms with Crippen LogP contribution in [0.1, 0.15) is 31.7 Å². The Morgan fingerprint density at radius 3 is 2.95 bits per heavy atom. The first-order valence-electron chi connectivity index (χ1n) is 8.34. The number of hydrogen-bond acceptors (Lipinski definition) is 3. The molecule has 1 N–H and O–H groups in total. The lowest BCUT2D eigenvalue weighted by Gasteiger charge is -2.16. The molecule has 1 fully saturated rings. The van der Waals surface area contributed by atoms with Gasteiger partial charge in [0.25, 0.3) is 0 Å². The molecule has 0 spiro atoms. The number of fused-ring (bicyclic) bond motifs is 1. The van der Waals surface area contributed by atoms with Gasteiger partial charge in [-0.15, -0.1) is 0 Å². The second kappa shape index (κ2) is 7.61. The SMILES string of the molecule is CCCOc1ccc2ccccc2c1CNC[C@H]1CCCO1. The molecule has 0 amide bonds. The summed E-state index contributed by atoms with van der Waals surface area (Å²) in [5, 5.41) is 6.09. The molecule has 3 nitrogen and oxygen atoms in total. The second-order valence-corrected chi connectivity index (χ2v) is 5.88. The van der Waals surface area contributed by atoms with Crippen LogP contribution >= 0.6 is 0 Å². The smallest absolute Gasteiger partial charge is 0.124 e. The Balaban J connectivity index is 1.77. The van der Waals surface area contributed by atoms with Crippen molar-refractivity contribution in [3.63, 3.8) is 0 Å². The summed E-state index contributed by atoms with van der Waals surface area (Å²) in [7, 11) is 0. The normalized spacial score (nSPS) is 18.0. The first-order chi connectivity index (χ1) is 10.9. The minimum absolute atomic E-state index is 0.370. The van der Waals surface area contributed by atoms with E-state index in [1.54, 1.807) is 0 Å². The van der Waals surface area contributed by atoms with Crippen LogP contribution in [0.25, 0.3) is 10.8 Å². The van der Waals surface area contributed by atoms with Gasteiger partial charge in [0.15, 0.2) is 0 Å². The first-order valence-corrected chi connectivity index (χ1v) is 8.34. The summed E-state index contributed by atoms with van der Waals surface area (Å²) in [6, 6.07) is 12.7. The molecule has 1 heterocycles. The Morgan fingerprint density at radius 2 is 2.14 bits per heavy atom. The largest absolute Gasteiger partial charge is 0.493 e. The number of benzene rings is 2. The van der Waals surface area contributed by atoms with E-state index in [2.05, 4.69) is 48.6 Å². The molecule has 118 valence electrons. The van der Waals surface area contributed by atoms with Crippen molar-refractivity contribution in [3.8, 4) is 5.75 Å². The summed E-state index contributed by atoms with van der Waals surface area (Å²) in [5.41, 5.74) is 1.25. The van der Waals surface area contributed by atoms with Crippen LogP contribution in [0.3, 0.4) is 0 Å². The molecule has 1 atom stereocenters. The van der Waals surface area contributed by atoms with Crippen molar-refractivity contribution >= 4 is 10.8 Å². The second-order valence-electron chi connectivity index (χ2n) is 5.88. The predicted octanol–water partition coefficient (Wildman–Crippen LogP) is 3.90. The van der Waals surface area contributed by atoms with Gasteiger partial charge < -0.3 is 14.8 Å². The zero-order chi connectivity index (χ0) is 15.2. The van der Waals surface area contributed by atoms with Crippen molar-refractivity contribution in [2.45, 2.75) is 38.8 Å². The van der Waals surface area contributed by atoms with Gasteiger partial charge in [-0.2, -0.15) is 0 Å². The maximum absolute atomic E-state index is 5.95. The van der Waals surface area contributed by atoms with Gasteiger partial charge in [0.1, 0.15) is 5.75 Å². The quantitative estimate of drug-likeness (QED) is 0.841. The van der Waals surface area contributed by atoms with Gasteiger partial charge in [0.05, 0.1) is 12.7 Å². The molecular weight excluding hydrogens is 274 g/mol. The fraction of sp³-hybridized carbons (Fsp3) is 0.474. The highest BCUT2D eigenvalue weighted by Gasteiger charge is 2.15. The van der Waals surface area contributed by atoms with Crippen LogP contribution < -0.4 is 10.1 Å². The summed E-state index contributed by atoms with van der Waals surface area (Å²) in [6.45, 7) is 5.54. The standard InChI is InChI=1S/C19H25NO2/c1-2-11-22-19-10-9-15-6-3-4-8-17(15)18(19)14-20-13-16-7-5-12-21-16/h3-4,6,8-10,16,20H,2,5,7,11-14H2,1H3/t16-/m1/s1. The van der Waals surface area contributed by atoms with Crippen LogP contribution in [0.4, 0.5) is 0 Å². The van der Waals surface area contributed by atoms with E-state index in [4.69, 9.17) is 9.47 Å². The van der Waals surface area contributed by atoms with Gasteiger partial charge in [0.2, 0.25) is 0 Å². The minimum atomic E-state index is 0.370. The third-order valence-electron chi connectivity index (χ3n) is 4.16. The predicted molar refractivity (Wildman–Crippen MR) is 90.4 cm³/mol. The Kier molecular flexibility index (Phi) is 5.30. The van der Waals surface area contributed by atoms with E-state index in [1.165, 1.54) is 29.2 Å². The maximum atomic E-state index is 5.95. The van der Waals surface area contributed by atoms with Gasteiger partial charge in [0, 0.05) is 25.3 Å². The van der Waals surface area contributed by atoms with Crippen molar-refractivity contribution in [3.05, 3.63) is 42.0 Å². The molecule has 1 saturated heterocycles. The highest BCUT2D eigenvalue weighted by atomic mass is 16.5. The average molecular weight is 299 g/mol. The van der Waals surface area contributed by atoms with Crippen molar-refractivity contribution in [2.75, 3.05) is 19.8 Å². The summed E-state index contributed by atoms with van der Waals surface area (Å²) < 4.78 is 11.6. The molecule has 0 saturated carbocycles. The summed E-state index contributed by atoms with van der Waals surface area (Å²) in [5.74, 6) is 1.00. The molecule has 2 aromatic rings. The Morgan fingerprint density at radius 1 is 1.23 bits per heavy atom. The first kappa shape index (κ1) is 15.3. The molecular formula is C19H25NO2. The fourth-order valence-electron chi connectivity index (χ4n) is 3.01. The maximum Gasteiger partial charge on any atom is 0.124 e. The minimum Gasteiger partial charge on any atom is -0.493 e. The van der Waals surface area contributed by atoms with Crippen LogP contribution in [0.15, 0.2) is 36.4 Å². The third-order valence-corrected chi connectivity index (χ3v) is 4.16. The van der Waals surface area contributed by atoms with E-state index in [1.807, 2.05) is 0 Å². The van der Waals surface area contributed by atoms with Gasteiger partial charge >= 0.3 is 0 Å². The Labute approximate surface area is 132 Å². The lowest BCUT2D eigenvalue weighted by molar-refractivity contribution is 0.110. The Hall–Kier alpha value is -1.58. The molecule has 3 heteroatoms. The van der Waals surface area contributed by atoms with Gasteiger partial charge in [-0.25, -0.2) is 0 Å². The van der Waals surface area contributed by atoms with E-state index in [0.717, 1.165) is 38.5 Å². The zero-order valence-corrected chi connectivity index (χ0v) is 13.3. The molecule has 0 radical (unpaired) electrons. The van der Waals surface area contributed by atoms with Crippen LogP contribution in [0.5, 0.6) is 5.75 Å². The van der Waals surface area contributed by atoms with Gasteiger partial charge in [-0.1, -0.05) is 37.3 Å². The fourth-order valence-corrected chi connectivity index (χ4v) is 3.01. The lowest BCUT2D eigenvalue weighted by Crippen LogP contribution is -2.26. The van der Waals surface area contributed by atoms with Crippen molar-refractivity contribution in [1.29, 1.82) is 0 Å². The molecule has 22 heavy (non-hydrogen) atoms. The molecule has 0 unspecified atom stereocenters. The highest BCUT2D eigenvalue weighted by Crippen LogP contribution is 2.28. The molecule has 2 aromatic carbocycles.